The van der Waals surface area contributed by atoms with Gasteiger partial charge < -0.3 is 5.73 Å². The van der Waals surface area contributed by atoms with E-state index >= 15 is 0 Å². The second-order valence-corrected chi connectivity index (χ2v) is 4.56. The van der Waals surface area contributed by atoms with Crippen molar-refractivity contribution in [2.24, 2.45) is 5.73 Å². The van der Waals surface area contributed by atoms with Crippen molar-refractivity contribution in [3.05, 3.63) is 39.9 Å². The van der Waals surface area contributed by atoms with Gasteiger partial charge in [0.25, 0.3) is 5.91 Å². The minimum Gasteiger partial charge on any atom is -0.364 e. The summed E-state index contributed by atoms with van der Waals surface area (Å²) >= 11 is 1.57. The molecule has 16 heavy (non-hydrogen) atoms. The molecule has 2 aromatic heterocycles. The number of hydrogen-bond acceptors (Lipinski definition) is 5. The van der Waals surface area contributed by atoms with Crippen molar-refractivity contribution in [1.82, 2.24) is 15.0 Å². The molecule has 0 bridgehead atoms. The molecular weight excluding hydrogens is 224 g/mol. The van der Waals surface area contributed by atoms with E-state index in [2.05, 4.69) is 15.0 Å². The van der Waals surface area contributed by atoms with Crippen LogP contribution in [0.5, 0.6) is 0 Å². The first-order valence-electron chi connectivity index (χ1n) is 4.68. The van der Waals surface area contributed by atoms with E-state index in [-0.39, 0.29) is 5.69 Å². The highest BCUT2D eigenvalue weighted by Crippen LogP contribution is 2.16. The summed E-state index contributed by atoms with van der Waals surface area (Å²) < 4.78 is 0. The summed E-state index contributed by atoms with van der Waals surface area (Å²) in [4.78, 5) is 24.4. The first-order chi connectivity index (χ1) is 7.66. The van der Waals surface area contributed by atoms with Gasteiger partial charge in [-0.2, -0.15) is 0 Å². The van der Waals surface area contributed by atoms with Crippen LogP contribution in [-0.2, 0) is 6.42 Å². The Kier molecular flexibility index (Phi) is 2.91. The average Bonchev–Trinajstić information content (AvgIpc) is 2.64. The molecule has 0 aliphatic rings. The Bertz CT molecular complexity index is 523. The van der Waals surface area contributed by atoms with Crippen LogP contribution in [0.3, 0.4) is 0 Å². The second-order valence-electron chi connectivity index (χ2n) is 3.24. The van der Waals surface area contributed by atoms with Crippen LogP contribution in [0, 0.1) is 6.92 Å². The van der Waals surface area contributed by atoms with E-state index in [0.29, 0.717) is 12.1 Å². The van der Waals surface area contributed by atoms with Crippen molar-refractivity contribution in [1.29, 1.82) is 0 Å². The molecule has 2 rings (SSSR count). The predicted octanol–water partition coefficient (Wildman–Crippen LogP) is 0.931. The lowest BCUT2D eigenvalue weighted by atomic mass is 10.2. The van der Waals surface area contributed by atoms with Crippen molar-refractivity contribution in [3.8, 4) is 0 Å². The second kappa shape index (κ2) is 4.36. The highest BCUT2D eigenvalue weighted by Gasteiger charge is 2.12. The first-order valence-corrected chi connectivity index (χ1v) is 5.49. The number of amides is 1. The summed E-state index contributed by atoms with van der Waals surface area (Å²) in [6, 6.07) is 0. The standard InChI is InChI=1S/C10H10N4OS/c1-6-14-5-7(16-6)4-8-9(10(11)15)13-3-2-12-8/h2-3,5H,4H2,1H3,(H2,11,15). The van der Waals surface area contributed by atoms with Crippen molar-refractivity contribution in [2.75, 3.05) is 0 Å². The molecule has 0 saturated carbocycles. The fourth-order valence-corrected chi connectivity index (χ4v) is 2.15. The third kappa shape index (κ3) is 2.22. The Labute approximate surface area is 96.4 Å². The molecule has 0 saturated heterocycles. The third-order valence-electron chi connectivity index (χ3n) is 2.02. The minimum atomic E-state index is -0.552. The number of carbonyl (C=O) groups excluding carboxylic acids is 1. The molecule has 6 heteroatoms. The van der Waals surface area contributed by atoms with Gasteiger partial charge in [-0.25, -0.2) is 9.97 Å². The van der Waals surface area contributed by atoms with Gasteiger partial charge >= 0.3 is 0 Å². The summed E-state index contributed by atoms with van der Waals surface area (Å²) in [6.07, 6.45) is 5.33. The number of nitrogens with zero attached hydrogens (tertiary/aromatic N) is 3. The quantitative estimate of drug-likeness (QED) is 0.856. The molecule has 2 N–H and O–H groups in total. The Morgan fingerprint density at radius 2 is 2.12 bits per heavy atom. The van der Waals surface area contributed by atoms with Gasteiger partial charge in [0.2, 0.25) is 0 Å². The molecule has 1 amide bonds. The number of thiazole rings is 1. The lowest BCUT2D eigenvalue weighted by Gasteiger charge is -2.01. The fraction of sp³-hybridized carbons (Fsp3) is 0.200. The number of carbonyl (C=O) groups is 1. The summed E-state index contributed by atoms with van der Waals surface area (Å²) in [5.41, 5.74) is 6.05. The van der Waals surface area contributed by atoms with Crippen LogP contribution in [0.1, 0.15) is 26.1 Å². The van der Waals surface area contributed by atoms with E-state index < -0.39 is 5.91 Å². The Hall–Kier alpha value is -1.82. The van der Waals surface area contributed by atoms with Crippen molar-refractivity contribution < 1.29 is 4.79 Å². The monoisotopic (exact) mass is 234 g/mol. The summed E-state index contributed by atoms with van der Waals surface area (Å²) in [7, 11) is 0. The normalized spacial score (nSPS) is 10.3. The number of hydrogen-bond donors (Lipinski definition) is 1. The molecular formula is C10H10N4OS. The average molecular weight is 234 g/mol. The Balaban J connectivity index is 2.31. The van der Waals surface area contributed by atoms with Gasteiger partial charge in [0.1, 0.15) is 5.69 Å². The zero-order chi connectivity index (χ0) is 11.5. The van der Waals surface area contributed by atoms with Crippen LogP contribution in [0.4, 0.5) is 0 Å². The highest BCUT2D eigenvalue weighted by atomic mass is 32.1. The molecule has 0 aromatic carbocycles. The van der Waals surface area contributed by atoms with E-state index in [1.165, 1.54) is 6.20 Å². The van der Waals surface area contributed by atoms with Crippen LogP contribution in [0.2, 0.25) is 0 Å². The van der Waals surface area contributed by atoms with Crippen molar-refractivity contribution in [2.45, 2.75) is 13.3 Å². The van der Waals surface area contributed by atoms with Crippen LogP contribution in [0.15, 0.2) is 18.6 Å². The fourth-order valence-electron chi connectivity index (χ4n) is 1.35. The van der Waals surface area contributed by atoms with E-state index in [1.54, 1.807) is 23.7 Å². The number of nitrogens with two attached hydrogens (primary N) is 1. The zero-order valence-electron chi connectivity index (χ0n) is 8.67. The molecule has 0 fully saturated rings. The summed E-state index contributed by atoms with van der Waals surface area (Å²) in [5, 5.41) is 0.986. The number of aryl methyl sites for hydroxylation is 1. The van der Waals surface area contributed by atoms with Crippen LogP contribution in [-0.4, -0.2) is 20.9 Å². The smallest absolute Gasteiger partial charge is 0.269 e. The van der Waals surface area contributed by atoms with Crippen LogP contribution in [0.25, 0.3) is 0 Å². The number of rotatable bonds is 3. The lowest BCUT2D eigenvalue weighted by Crippen LogP contribution is -2.16. The van der Waals surface area contributed by atoms with Gasteiger partial charge in [-0.3, -0.25) is 9.78 Å². The predicted molar refractivity (Wildman–Crippen MR) is 60.2 cm³/mol. The van der Waals surface area contributed by atoms with Gasteiger partial charge in [-0.1, -0.05) is 0 Å². The molecule has 82 valence electrons. The van der Waals surface area contributed by atoms with Gasteiger partial charge in [0.15, 0.2) is 0 Å². The maximum atomic E-state index is 11.1. The maximum absolute atomic E-state index is 11.1. The van der Waals surface area contributed by atoms with Crippen molar-refractivity contribution >= 4 is 17.2 Å². The van der Waals surface area contributed by atoms with Gasteiger partial charge in [-0.05, 0) is 6.92 Å². The summed E-state index contributed by atoms with van der Waals surface area (Å²) in [5.74, 6) is -0.552. The third-order valence-corrected chi connectivity index (χ3v) is 2.93. The molecule has 0 atom stereocenters. The maximum Gasteiger partial charge on any atom is 0.269 e. The van der Waals surface area contributed by atoms with Crippen molar-refractivity contribution in [3.63, 3.8) is 0 Å². The molecule has 2 heterocycles. The lowest BCUT2D eigenvalue weighted by molar-refractivity contribution is 0.0994. The van der Waals surface area contributed by atoms with Gasteiger partial charge in [0, 0.05) is 29.9 Å². The molecule has 0 spiro atoms. The topological polar surface area (TPSA) is 81.8 Å². The number of primary amides is 1. The summed E-state index contributed by atoms with van der Waals surface area (Å²) in [6.45, 7) is 1.93. The van der Waals surface area contributed by atoms with Crippen LogP contribution >= 0.6 is 11.3 Å². The minimum absolute atomic E-state index is 0.230. The molecule has 0 radical (unpaired) electrons. The molecule has 2 aromatic rings. The van der Waals surface area contributed by atoms with Gasteiger partial charge in [-0.15, -0.1) is 11.3 Å². The molecule has 0 aliphatic carbocycles. The largest absolute Gasteiger partial charge is 0.364 e. The molecule has 0 unspecified atom stereocenters. The SMILES string of the molecule is Cc1ncc(Cc2nccnc2C(N)=O)s1. The number of aromatic nitrogens is 3. The first kappa shape index (κ1) is 10.7. The van der Waals surface area contributed by atoms with E-state index in [1.807, 2.05) is 6.92 Å². The molecule has 0 aliphatic heterocycles. The highest BCUT2D eigenvalue weighted by molar-refractivity contribution is 7.11. The van der Waals surface area contributed by atoms with E-state index in [4.69, 9.17) is 5.73 Å². The van der Waals surface area contributed by atoms with Gasteiger partial charge in [0.05, 0.1) is 10.7 Å². The van der Waals surface area contributed by atoms with E-state index in [0.717, 1.165) is 9.88 Å². The molecule has 5 nitrogen and oxygen atoms in total. The Morgan fingerprint density at radius 1 is 1.38 bits per heavy atom. The van der Waals surface area contributed by atoms with E-state index in [9.17, 15) is 4.79 Å². The van der Waals surface area contributed by atoms with Crippen LogP contribution < -0.4 is 5.73 Å². The zero-order valence-corrected chi connectivity index (χ0v) is 9.49. The Morgan fingerprint density at radius 3 is 2.75 bits per heavy atom.